The fraction of sp³-hybridized carbons (Fsp3) is 0. The number of carbonyl (C=O) groups is 1. The lowest BCUT2D eigenvalue weighted by molar-refractivity contribution is 0.102. The molecule has 4 heteroatoms. The lowest BCUT2D eigenvalue weighted by Gasteiger charge is -2.06. The van der Waals surface area contributed by atoms with E-state index >= 15 is 0 Å². The molecule has 0 atom stereocenters. The molecule has 21 heavy (non-hydrogen) atoms. The molecule has 0 fully saturated rings. The number of anilines is 1. The lowest BCUT2D eigenvalue weighted by Crippen LogP contribution is -2.11. The maximum Gasteiger partial charge on any atom is 0.255 e. The van der Waals surface area contributed by atoms with Gasteiger partial charge < -0.3 is 5.32 Å². The lowest BCUT2D eigenvalue weighted by atomic mass is 10.1. The molecule has 0 bridgehead atoms. The quantitative estimate of drug-likeness (QED) is 0.696. The molecule has 104 valence electrons. The molecule has 0 aliphatic rings. The minimum atomic E-state index is -0.144. The van der Waals surface area contributed by atoms with Gasteiger partial charge in [-0.15, -0.1) is 11.3 Å². The van der Waals surface area contributed by atoms with E-state index in [4.69, 9.17) is 11.6 Å². The summed E-state index contributed by atoms with van der Waals surface area (Å²) < 4.78 is 0. The predicted octanol–water partition coefficient (Wildman–Crippen LogP) is 5.32. The SMILES string of the molecule is O=C(Nc1cccc(Cl)c1)c1ccc(-c2cccs2)cc1. The Morgan fingerprint density at radius 1 is 1.00 bits per heavy atom. The Balaban J connectivity index is 1.76. The van der Waals surface area contributed by atoms with Crippen LogP contribution in [0.25, 0.3) is 10.4 Å². The van der Waals surface area contributed by atoms with Crippen molar-refractivity contribution >= 4 is 34.5 Å². The first-order valence-electron chi connectivity index (χ1n) is 6.43. The van der Waals surface area contributed by atoms with Crippen molar-refractivity contribution in [3.8, 4) is 10.4 Å². The van der Waals surface area contributed by atoms with Gasteiger partial charge in [0, 0.05) is 21.2 Å². The van der Waals surface area contributed by atoms with Crippen LogP contribution in [-0.4, -0.2) is 5.91 Å². The number of amides is 1. The second-order valence-electron chi connectivity index (χ2n) is 4.52. The van der Waals surface area contributed by atoms with E-state index in [2.05, 4.69) is 11.4 Å². The van der Waals surface area contributed by atoms with Crippen molar-refractivity contribution < 1.29 is 4.79 Å². The number of benzene rings is 2. The van der Waals surface area contributed by atoms with Crippen molar-refractivity contribution in [3.63, 3.8) is 0 Å². The number of hydrogen-bond acceptors (Lipinski definition) is 2. The van der Waals surface area contributed by atoms with Crippen LogP contribution in [0.5, 0.6) is 0 Å². The summed E-state index contributed by atoms with van der Waals surface area (Å²) in [6, 6.07) is 18.8. The molecule has 3 rings (SSSR count). The highest BCUT2D eigenvalue weighted by atomic mass is 35.5. The number of hydrogen-bond donors (Lipinski definition) is 1. The minimum absolute atomic E-state index is 0.144. The first kappa shape index (κ1) is 13.9. The van der Waals surface area contributed by atoms with E-state index in [1.165, 1.54) is 4.88 Å². The van der Waals surface area contributed by atoms with E-state index in [1.807, 2.05) is 41.8 Å². The second-order valence-corrected chi connectivity index (χ2v) is 5.90. The highest BCUT2D eigenvalue weighted by Gasteiger charge is 2.07. The Morgan fingerprint density at radius 3 is 2.48 bits per heavy atom. The summed E-state index contributed by atoms with van der Waals surface area (Å²) in [5.41, 5.74) is 2.43. The predicted molar refractivity (Wildman–Crippen MR) is 89.2 cm³/mol. The van der Waals surface area contributed by atoms with Gasteiger partial charge in [-0.05, 0) is 47.3 Å². The molecular formula is C17H12ClNOS. The van der Waals surface area contributed by atoms with Gasteiger partial charge in [-0.3, -0.25) is 4.79 Å². The maximum atomic E-state index is 12.2. The third kappa shape index (κ3) is 3.32. The van der Waals surface area contributed by atoms with E-state index in [0.29, 0.717) is 16.3 Å². The van der Waals surface area contributed by atoms with Gasteiger partial charge in [-0.2, -0.15) is 0 Å². The van der Waals surface area contributed by atoms with Crippen LogP contribution in [0.1, 0.15) is 10.4 Å². The van der Waals surface area contributed by atoms with Crippen molar-refractivity contribution in [3.05, 3.63) is 76.6 Å². The topological polar surface area (TPSA) is 29.1 Å². The first-order valence-corrected chi connectivity index (χ1v) is 7.69. The average molecular weight is 314 g/mol. The number of carbonyl (C=O) groups excluding carboxylic acids is 1. The summed E-state index contributed by atoms with van der Waals surface area (Å²) in [6.07, 6.45) is 0. The van der Waals surface area contributed by atoms with Crippen molar-refractivity contribution in [2.24, 2.45) is 0 Å². The Kier molecular flexibility index (Phi) is 4.04. The van der Waals surface area contributed by atoms with Gasteiger partial charge in [0.15, 0.2) is 0 Å². The molecule has 0 aliphatic carbocycles. The maximum absolute atomic E-state index is 12.2. The molecule has 0 radical (unpaired) electrons. The molecule has 0 saturated heterocycles. The smallest absolute Gasteiger partial charge is 0.255 e. The molecule has 0 unspecified atom stereocenters. The van der Waals surface area contributed by atoms with E-state index in [-0.39, 0.29) is 5.91 Å². The van der Waals surface area contributed by atoms with Crippen molar-refractivity contribution in [2.75, 3.05) is 5.32 Å². The largest absolute Gasteiger partial charge is 0.322 e. The van der Waals surface area contributed by atoms with Crippen LogP contribution in [0.4, 0.5) is 5.69 Å². The monoisotopic (exact) mass is 313 g/mol. The van der Waals surface area contributed by atoms with Gasteiger partial charge in [0.25, 0.3) is 5.91 Å². The van der Waals surface area contributed by atoms with E-state index in [1.54, 1.807) is 29.5 Å². The van der Waals surface area contributed by atoms with Crippen LogP contribution in [0.2, 0.25) is 5.02 Å². The normalized spacial score (nSPS) is 10.3. The van der Waals surface area contributed by atoms with Gasteiger partial charge >= 0.3 is 0 Å². The Hall–Kier alpha value is -2.10. The van der Waals surface area contributed by atoms with E-state index in [9.17, 15) is 4.79 Å². The van der Waals surface area contributed by atoms with Crippen molar-refractivity contribution in [2.45, 2.75) is 0 Å². The average Bonchev–Trinajstić information content (AvgIpc) is 3.01. The fourth-order valence-corrected chi connectivity index (χ4v) is 2.92. The van der Waals surface area contributed by atoms with Crippen molar-refractivity contribution in [1.82, 2.24) is 0 Å². The zero-order valence-electron chi connectivity index (χ0n) is 11.0. The van der Waals surface area contributed by atoms with Gasteiger partial charge in [0.2, 0.25) is 0 Å². The summed E-state index contributed by atoms with van der Waals surface area (Å²) in [4.78, 5) is 13.4. The number of rotatable bonds is 3. The van der Waals surface area contributed by atoms with Crippen LogP contribution >= 0.6 is 22.9 Å². The Bertz CT molecular complexity index is 751. The van der Waals surface area contributed by atoms with Crippen LogP contribution in [-0.2, 0) is 0 Å². The highest BCUT2D eigenvalue weighted by molar-refractivity contribution is 7.13. The van der Waals surface area contributed by atoms with Crippen LogP contribution in [0.3, 0.4) is 0 Å². The number of halogens is 1. The van der Waals surface area contributed by atoms with Crippen LogP contribution in [0.15, 0.2) is 66.0 Å². The second kappa shape index (κ2) is 6.12. The minimum Gasteiger partial charge on any atom is -0.322 e. The summed E-state index contributed by atoms with van der Waals surface area (Å²) >= 11 is 7.58. The molecule has 0 saturated carbocycles. The zero-order chi connectivity index (χ0) is 14.7. The molecule has 0 spiro atoms. The number of nitrogens with one attached hydrogen (secondary N) is 1. The Morgan fingerprint density at radius 2 is 1.81 bits per heavy atom. The van der Waals surface area contributed by atoms with Gasteiger partial charge in [-0.1, -0.05) is 35.9 Å². The van der Waals surface area contributed by atoms with Gasteiger partial charge in [0.05, 0.1) is 0 Å². The molecule has 1 amide bonds. The van der Waals surface area contributed by atoms with Gasteiger partial charge in [-0.25, -0.2) is 0 Å². The summed E-state index contributed by atoms with van der Waals surface area (Å²) in [6.45, 7) is 0. The molecule has 1 aromatic heterocycles. The zero-order valence-corrected chi connectivity index (χ0v) is 12.6. The first-order chi connectivity index (χ1) is 10.2. The third-order valence-electron chi connectivity index (χ3n) is 3.04. The summed E-state index contributed by atoms with van der Waals surface area (Å²) in [5.74, 6) is -0.144. The molecule has 3 aromatic rings. The Labute approximate surface area is 132 Å². The van der Waals surface area contributed by atoms with Crippen molar-refractivity contribution in [1.29, 1.82) is 0 Å². The third-order valence-corrected chi connectivity index (χ3v) is 4.19. The van der Waals surface area contributed by atoms with E-state index in [0.717, 1.165) is 5.56 Å². The highest BCUT2D eigenvalue weighted by Crippen LogP contribution is 2.25. The summed E-state index contributed by atoms with van der Waals surface area (Å²) in [7, 11) is 0. The fourth-order valence-electron chi connectivity index (χ4n) is 2.00. The molecular weight excluding hydrogens is 302 g/mol. The van der Waals surface area contributed by atoms with E-state index < -0.39 is 0 Å². The molecule has 2 aromatic carbocycles. The van der Waals surface area contributed by atoms with Gasteiger partial charge in [0.1, 0.15) is 0 Å². The molecule has 0 aliphatic heterocycles. The summed E-state index contributed by atoms with van der Waals surface area (Å²) in [5, 5.41) is 5.47. The molecule has 2 nitrogen and oxygen atoms in total. The molecule has 1 N–H and O–H groups in total. The van der Waals surface area contributed by atoms with Crippen LogP contribution in [0, 0.1) is 0 Å². The number of thiophene rings is 1. The standard InChI is InChI=1S/C17H12ClNOS/c18-14-3-1-4-15(11-14)19-17(20)13-8-6-12(7-9-13)16-5-2-10-21-16/h1-11H,(H,19,20). The molecule has 1 heterocycles. The van der Waals surface area contributed by atoms with Crippen LogP contribution < -0.4 is 5.32 Å².